The number of rotatable bonds is 6. The average molecular weight is 387 g/mol. The molecule has 0 aliphatic rings. The highest BCUT2D eigenvalue weighted by molar-refractivity contribution is 6.00. The number of anilines is 1. The highest BCUT2D eigenvalue weighted by Gasteiger charge is 2.09. The Morgan fingerprint density at radius 1 is 0.690 bits per heavy atom. The first kappa shape index (κ1) is 19.8. The molecule has 3 rings (SSSR count). The molecular formula is C23H21N3O3. The molecule has 0 fully saturated rings. The maximum Gasteiger partial charge on any atom is 0.251 e. The molecule has 0 saturated carbocycles. The van der Waals surface area contributed by atoms with Crippen molar-refractivity contribution in [2.24, 2.45) is 0 Å². The molecule has 0 aliphatic heterocycles. The summed E-state index contributed by atoms with van der Waals surface area (Å²) in [5.74, 6) is -0.880. The first-order chi connectivity index (χ1) is 14.1. The van der Waals surface area contributed by atoms with Gasteiger partial charge in [-0.05, 0) is 47.5 Å². The number of benzene rings is 3. The van der Waals surface area contributed by atoms with Crippen molar-refractivity contribution in [1.29, 1.82) is 0 Å². The van der Waals surface area contributed by atoms with E-state index >= 15 is 0 Å². The molecule has 0 radical (unpaired) electrons. The van der Waals surface area contributed by atoms with Gasteiger partial charge in [-0.15, -0.1) is 0 Å². The normalized spacial score (nSPS) is 10.1. The molecule has 0 heterocycles. The summed E-state index contributed by atoms with van der Waals surface area (Å²) in [4.78, 5) is 35.8. The molecular weight excluding hydrogens is 366 g/mol. The van der Waals surface area contributed by atoms with E-state index in [-0.39, 0.29) is 24.3 Å². The standard InChI is InChI=1S/C23H21N3O3/c1-24-22(28)18-11-13-20(14-12-18)26-21(27)15-25-23(29)19-9-7-17(8-10-19)16-5-3-2-4-6-16/h2-14H,15H2,1H3,(H,24,28)(H,25,29)(H,26,27). The average Bonchev–Trinajstić information content (AvgIpc) is 2.78. The van der Waals surface area contributed by atoms with Gasteiger partial charge in [-0.3, -0.25) is 14.4 Å². The van der Waals surface area contributed by atoms with Gasteiger partial charge < -0.3 is 16.0 Å². The van der Waals surface area contributed by atoms with Gasteiger partial charge in [0.1, 0.15) is 0 Å². The SMILES string of the molecule is CNC(=O)c1ccc(NC(=O)CNC(=O)c2ccc(-c3ccccc3)cc2)cc1. The third-order valence-electron chi connectivity index (χ3n) is 4.32. The molecule has 3 aromatic carbocycles. The summed E-state index contributed by atoms with van der Waals surface area (Å²) in [5, 5.41) is 7.81. The van der Waals surface area contributed by atoms with Crippen LogP contribution in [0.3, 0.4) is 0 Å². The van der Waals surface area contributed by atoms with Crippen LogP contribution in [0.5, 0.6) is 0 Å². The van der Waals surface area contributed by atoms with Crippen LogP contribution in [0, 0.1) is 0 Å². The molecule has 146 valence electrons. The fourth-order valence-electron chi connectivity index (χ4n) is 2.76. The van der Waals surface area contributed by atoms with E-state index in [0.29, 0.717) is 16.8 Å². The van der Waals surface area contributed by atoms with E-state index < -0.39 is 0 Å². The molecule has 0 aromatic heterocycles. The predicted molar refractivity (Wildman–Crippen MR) is 113 cm³/mol. The highest BCUT2D eigenvalue weighted by Crippen LogP contribution is 2.19. The third-order valence-corrected chi connectivity index (χ3v) is 4.32. The van der Waals surface area contributed by atoms with Gasteiger partial charge in [0.25, 0.3) is 11.8 Å². The molecule has 0 unspecified atom stereocenters. The van der Waals surface area contributed by atoms with Crippen LogP contribution < -0.4 is 16.0 Å². The van der Waals surface area contributed by atoms with Gasteiger partial charge in [0.2, 0.25) is 5.91 Å². The van der Waals surface area contributed by atoms with Crippen molar-refractivity contribution in [2.45, 2.75) is 0 Å². The van der Waals surface area contributed by atoms with Gasteiger partial charge in [0, 0.05) is 23.9 Å². The minimum absolute atomic E-state index is 0.156. The van der Waals surface area contributed by atoms with Crippen molar-refractivity contribution in [1.82, 2.24) is 10.6 Å². The van der Waals surface area contributed by atoms with Gasteiger partial charge in [-0.25, -0.2) is 0 Å². The van der Waals surface area contributed by atoms with Gasteiger partial charge in [-0.1, -0.05) is 42.5 Å². The maximum atomic E-state index is 12.3. The zero-order valence-corrected chi connectivity index (χ0v) is 15.9. The van der Waals surface area contributed by atoms with Crippen molar-refractivity contribution in [2.75, 3.05) is 18.9 Å². The molecule has 6 heteroatoms. The molecule has 0 aliphatic carbocycles. The Hall–Kier alpha value is -3.93. The van der Waals surface area contributed by atoms with Gasteiger partial charge in [-0.2, -0.15) is 0 Å². The molecule has 3 N–H and O–H groups in total. The Bertz CT molecular complexity index is 998. The van der Waals surface area contributed by atoms with Crippen molar-refractivity contribution < 1.29 is 14.4 Å². The lowest BCUT2D eigenvalue weighted by molar-refractivity contribution is -0.115. The predicted octanol–water partition coefficient (Wildman–Crippen LogP) is 3.08. The third kappa shape index (κ3) is 5.29. The Morgan fingerprint density at radius 3 is 1.86 bits per heavy atom. The number of carbonyl (C=O) groups excluding carboxylic acids is 3. The number of hydrogen-bond acceptors (Lipinski definition) is 3. The summed E-state index contributed by atoms with van der Waals surface area (Å²) in [6, 6.07) is 23.6. The van der Waals surface area contributed by atoms with Gasteiger partial charge in [0.15, 0.2) is 0 Å². The fraction of sp³-hybridized carbons (Fsp3) is 0.0870. The summed E-state index contributed by atoms with van der Waals surface area (Å²) in [6.45, 7) is -0.156. The van der Waals surface area contributed by atoms with E-state index in [1.807, 2.05) is 42.5 Å². The minimum Gasteiger partial charge on any atom is -0.355 e. The monoisotopic (exact) mass is 387 g/mol. The van der Waals surface area contributed by atoms with Crippen LogP contribution in [0.25, 0.3) is 11.1 Å². The van der Waals surface area contributed by atoms with Crippen LogP contribution in [0.1, 0.15) is 20.7 Å². The molecule has 6 nitrogen and oxygen atoms in total. The van der Waals surface area contributed by atoms with Crippen molar-refractivity contribution in [3.63, 3.8) is 0 Å². The van der Waals surface area contributed by atoms with Crippen LogP contribution >= 0.6 is 0 Å². The summed E-state index contributed by atoms with van der Waals surface area (Å²) in [7, 11) is 1.55. The van der Waals surface area contributed by atoms with Crippen molar-refractivity contribution in [3.05, 3.63) is 90.0 Å². The quantitative estimate of drug-likeness (QED) is 0.607. The second kappa shape index (κ2) is 9.32. The minimum atomic E-state index is -0.355. The number of amides is 3. The zero-order valence-electron chi connectivity index (χ0n) is 15.9. The lowest BCUT2D eigenvalue weighted by atomic mass is 10.0. The van der Waals surface area contributed by atoms with E-state index in [9.17, 15) is 14.4 Å². The first-order valence-electron chi connectivity index (χ1n) is 9.12. The van der Waals surface area contributed by atoms with E-state index in [1.54, 1.807) is 43.4 Å². The Kier molecular flexibility index (Phi) is 6.37. The summed E-state index contributed by atoms with van der Waals surface area (Å²) < 4.78 is 0. The Labute approximate surface area is 169 Å². The molecule has 3 aromatic rings. The highest BCUT2D eigenvalue weighted by atomic mass is 16.2. The zero-order chi connectivity index (χ0) is 20.6. The molecule has 0 spiro atoms. The van der Waals surface area contributed by atoms with Crippen molar-refractivity contribution in [3.8, 4) is 11.1 Å². The largest absolute Gasteiger partial charge is 0.355 e. The maximum absolute atomic E-state index is 12.3. The topological polar surface area (TPSA) is 87.3 Å². The van der Waals surface area contributed by atoms with Crippen LogP contribution in [0.2, 0.25) is 0 Å². The number of nitrogens with one attached hydrogen (secondary N) is 3. The second-order valence-electron chi connectivity index (χ2n) is 6.33. The van der Waals surface area contributed by atoms with E-state index in [4.69, 9.17) is 0 Å². The van der Waals surface area contributed by atoms with E-state index in [0.717, 1.165) is 11.1 Å². The van der Waals surface area contributed by atoms with Crippen LogP contribution in [-0.2, 0) is 4.79 Å². The lowest BCUT2D eigenvalue weighted by Crippen LogP contribution is -2.32. The Balaban J connectivity index is 1.52. The fourth-order valence-corrected chi connectivity index (χ4v) is 2.76. The van der Waals surface area contributed by atoms with E-state index in [1.165, 1.54) is 0 Å². The van der Waals surface area contributed by atoms with Crippen LogP contribution in [0.4, 0.5) is 5.69 Å². The first-order valence-corrected chi connectivity index (χ1v) is 9.12. The van der Waals surface area contributed by atoms with Crippen LogP contribution in [-0.4, -0.2) is 31.3 Å². The summed E-state index contributed by atoms with van der Waals surface area (Å²) >= 11 is 0. The van der Waals surface area contributed by atoms with Crippen molar-refractivity contribution >= 4 is 23.4 Å². The molecule has 0 bridgehead atoms. The second-order valence-corrected chi connectivity index (χ2v) is 6.33. The summed E-state index contributed by atoms with van der Waals surface area (Å²) in [6.07, 6.45) is 0. The number of hydrogen-bond donors (Lipinski definition) is 3. The number of carbonyl (C=O) groups is 3. The Morgan fingerprint density at radius 2 is 1.24 bits per heavy atom. The molecule has 3 amide bonds. The van der Waals surface area contributed by atoms with Gasteiger partial charge >= 0.3 is 0 Å². The van der Waals surface area contributed by atoms with E-state index in [2.05, 4.69) is 16.0 Å². The molecule has 0 atom stereocenters. The smallest absolute Gasteiger partial charge is 0.251 e. The molecule has 0 saturated heterocycles. The lowest BCUT2D eigenvalue weighted by Gasteiger charge is -2.08. The van der Waals surface area contributed by atoms with Gasteiger partial charge in [0.05, 0.1) is 6.54 Å². The molecule has 29 heavy (non-hydrogen) atoms. The summed E-state index contributed by atoms with van der Waals surface area (Å²) in [5.41, 5.74) is 3.61. The van der Waals surface area contributed by atoms with Crippen LogP contribution in [0.15, 0.2) is 78.9 Å².